The van der Waals surface area contributed by atoms with E-state index in [1.54, 1.807) is 0 Å². The number of carbonyl (C=O) groups is 2. The number of hydrogen-bond acceptors (Lipinski definition) is 5. The van der Waals surface area contributed by atoms with E-state index in [1.807, 2.05) is 0 Å². The topological polar surface area (TPSA) is 72.8 Å². The van der Waals surface area contributed by atoms with Gasteiger partial charge in [-0.2, -0.15) is 0 Å². The third-order valence-electron chi connectivity index (χ3n) is 3.08. The van der Waals surface area contributed by atoms with E-state index < -0.39 is 17.9 Å². The zero-order valence-electron chi connectivity index (χ0n) is 11.8. The third kappa shape index (κ3) is 6.57. The van der Waals surface area contributed by atoms with E-state index in [2.05, 4.69) is 13.8 Å². The van der Waals surface area contributed by atoms with Crippen LogP contribution in [0.2, 0.25) is 0 Å². The molecule has 0 spiro atoms. The Bertz CT molecular complexity index is 291. The Morgan fingerprint density at radius 3 is 2.11 bits per heavy atom. The van der Waals surface area contributed by atoms with Crippen LogP contribution in [0.15, 0.2) is 0 Å². The minimum absolute atomic E-state index is 0.136. The van der Waals surface area contributed by atoms with E-state index in [-0.39, 0.29) is 19.3 Å². The van der Waals surface area contributed by atoms with Crippen molar-refractivity contribution in [3.63, 3.8) is 0 Å². The molecule has 0 aliphatic carbocycles. The molecule has 5 heteroatoms. The first-order valence-corrected chi connectivity index (χ1v) is 7.07. The lowest BCUT2D eigenvalue weighted by Crippen LogP contribution is -2.39. The van der Waals surface area contributed by atoms with E-state index in [9.17, 15) is 14.7 Å². The molecule has 5 nitrogen and oxygen atoms in total. The normalized spacial score (nSPS) is 20.2. The average molecular weight is 272 g/mol. The van der Waals surface area contributed by atoms with Crippen molar-refractivity contribution in [2.24, 2.45) is 5.92 Å². The second-order valence-corrected chi connectivity index (χ2v) is 5.51. The van der Waals surface area contributed by atoms with Gasteiger partial charge < -0.3 is 14.6 Å². The Morgan fingerprint density at radius 2 is 1.63 bits per heavy atom. The maximum atomic E-state index is 11.5. The molecule has 1 aliphatic heterocycles. The Labute approximate surface area is 114 Å². The van der Waals surface area contributed by atoms with Gasteiger partial charge in [0, 0.05) is 12.8 Å². The minimum Gasteiger partial charge on any atom is -0.398 e. The van der Waals surface area contributed by atoms with Crippen LogP contribution in [-0.2, 0) is 19.1 Å². The predicted molar refractivity (Wildman–Crippen MR) is 68.9 cm³/mol. The summed E-state index contributed by atoms with van der Waals surface area (Å²) in [5.74, 6) is -2.52. The van der Waals surface area contributed by atoms with E-state index in [0.717, 1.165) is 12.8 Å². The Kier molecular flexibility index (Phi) is 6.28. The Hall–Kier alpha value is -1.10. The fourth-order valence-corrected chi connectivity index (χ4v) is 2.02. The molecule has 1 N–H and O–H groups in total. The molecule has 0 aromatic heterocycles. The molecular weight excluding hydrogens is 248 g/mol. The predicted octanol–water partition coefficient (Wildman–Crippen LogP) is 2.51. The summed E-state index contributed by atoms with van der Waals surface area (Å²) in [6.07, 6.45) is 4.30. The number of cyclic esters (lactones) is 2. The molecule has 19 heavy (non-hydrogen) atoms. The van der Waals surface area contributed by atoms with Crippen LogP contribution in [0.1, 0.15) is 65.2 Å². The first kappa shape index (κ1) is 16.0. The third-order valence-corrected chi connectivity index (χ3v) is 3.08. The van der Waals surface area contributed by atoms with Crippen molar-refractivity contribution in [3.05, 3.63) is 0 Å². The smallest absolute Gasteiger partial charge is 0.373 e. The number of ether oxygens (including phenoxy) is 2. The maximum absolute atomic E-state index is 11.5. The fourth-order valence-electron chi connectivity index (χ4n) is 2.02. The van der Waals surface area contributed by atoms with Crippen LogP contribution >= 0.6 is 0 Å². The summed E-state index contributed by atoms with van der Waals surface area (Å²) in [4.78, 5) is 23.0. The van der Waals surface area contributed by atoms with Gasteiger partial charge in [-0.3, -0.25) is 9.59 Å². The molecule has 0 atom stereocenters. The molecule has 0 aromatic rings. The summed E-state index contributed by atoms with van der Waals surface area (Å²) in [6, 6.07) is 0. The highest BCUT2D eigenvalue weighted by Crippen LogP contribution is 2.23. The highest BCUT2D eigenvalue weighted by atomic mass is 16.8. The molecule has 110 valence electrons. The lowest BCUT2D eigenvalue weighted by Gasteiger charge is -2.26. The Morgan fingerprint density at radius 1 is 1.11 bits per heavy atom. The van der Waals surface area contributed by atoms with Gasteiger partial charge in [-0.1, -0.05) is 26.7 Å². The van der Waals surface area contributed by atoms with Crippen LogP contribution in [0.4, 0.5) is 0 Å². The molecule has 1 heterocycles. The van der Waals surface area contributed by atoms with Crippen molar-refractivity contribution in [2.45, 2.75) is 71.2 Å². The molecule has 0 saturated carbocycles. The van der Waals surface area contributed by atoms with Crippen LogP contribution in [0, 0.1) is 5.92 Å². The second-order valence-electron chi connectivity index (χ2n) is 5.51. The van der Waals surface area contributed by atoms with E-state index in [4.69, 9.17) is 9.47 Å². The lowest BCUT2D eigenvalue weighted by atomic mass is 10.0. The molecule has 1 fully saturated rings. The van der Waals surface area contributed by atoms with Crippen LogP contribution in [0.3, 0.4) is 0 Å². The summed E-state index contributed by atoms with van der Waals surface area (Å²) in [6.45, 7) is 4.24. The molecule has 0 bridgehead atoms. The standard InChI is InChI=1S/C14H24O5/c1-11(2)7-5-6-10-14(17)18-12(15)8-3-4-9-13(16)19-14/h11,17H,3-10H2,1-2H3. The SMILES string of the molecule is CC(C)CCCCC1(O)OC(=O)CCCCC(=O)O1. The van der Waals surface area contributed by atoms with E-state index in [1.165, 1.54) is 0 Å². The summed E-state index contributed by atoms with van der Waals surface area (Å²) in [5, 5.41) is 10.1. The van der Waals surface area contributed by atoms with Gasteiger partial charge in [-0.05, 0) is 25.2 Å². The van der Waals surface area contributed by atoms with Crippen LogP contribution in [0.25, 0.3) is 0 Å². The van der Waals surface area contributed by atoms with Crippen LogP contribution in [0.5, 0.6) is 0 Å². The summed E-state index contributed by atoms with van der Waals surface area (Å²) in [7, 11) is 0. The van der Waals surface area contributed by atoms with Gasteiger partial charge in [0.1, 0.15) is 0 Å². The number of unbranched alkanes of at least 4 members (excludes halogenated alkanes) is 1. The summed E-state index contributed by atoms with van der Waals surface area (Å²) < 4.78 is 9.82. The minimum atomic E-state index is -2.07. The fraction of sp³-hybridized carbons (Fsp3) is 0.857. The number of rotatable bonds is 5. The van der Waals surface area contributed by atoms with Gasteiger partial charge in [-0.15, -0.1) is 0 Å². The van der Waals surface area contributed by atoms with E-state index in [0.29, 0.717) is 25.2 Å². The van der Waals surface area contributed by atoms with Crippen molar-refractivity contribution < 1.29 is 24.2 Å². The van der Waals surface area contributed by atoms with Gasteiger partial charge >= 0.3 is 17.9 Å². The number of esters is 2. The van der Waals surface area contributed by atoms with Gasteiger partial charge in [0.2, 0.25) is 0 Å². The van der Waals surface area contributed by atoms with Crippen molar-refractivity contribution in [1.82, 2.24) is 0 Å². The molecule has 0 unspecified atom stereocenters. The first-order valence-electron chi connectivity index (χ1n) is 7.07. The highest BCUT2D eigenvalue weighted by molar-refractivity contribution is 5.72. The van der Waals surface area contributed by atoms with Crippen LogP contribution in [-0.4, -0.2) is 23.0 Å². The van der Waals surface area contributed by atoms with Gasteiger partial charge in [-0.25, -0.2) is 0 Å². The van der Waals surface area contributed by atoms with Crippen molar-refractivity contribution in [2.75, 3.05) is 0 Å². The highest BCUT2D eigenvalue weighted by Gasteiger charge is 2.36. The molecular formula is C14H24O5. The largest absolute Gasteiger partial charge is 0.398 e. The van der Waals surface area contributed by atoms with E-state index >= 15 is 0 Å². The number of carbonyl (C=O) groups excluding carboxylic acids is 2. The quantitative estimate of drug-likeness (QED) is 0.615. The number of aliphatic hydroxyl groups is 1. The monoisotopic (exact) mass is 272 g/mol. The Balaban J connectivity index is 2.51. The summed E-state index contributed by atoms with van der Waals surface area (Å²) in [5.41, 5.74) is 0. The molecule has 0 radical (unpaired) electrons. The molecule has 1 aliphatic rings. The second kappa shape index (κ2) is 7.48. The molecule has 0 aromatic carbocycles. The van der Waals surface area contributed by atoms with Crippen molar-refractivity contribution >= 4 is 11.9 Å². The average Bonchev–Trinajstić information content (AvgIpc) is 2.35. The zero-order valence-corrected chi connectivity index (χ0v) is 11.8. The number of hydrogen-bond donors (Lipinski definition) is 1. The lowest BCUT2D eigenvalue weighted by molar-refractivity contribution is -0.327. The molecule has 0 amide bonds. The summed E-state index contributed by atoms with van der Waals surface area (Å²) >= 11 is 0. The zero-order chi connectivity index (χ0) is 14.3. The first-order chi connectivity index (χ1) is 8.91. The van der Waals surface area contributed by atoms with Gasteiger partial charge in [0.05, 0.1) is 6.42 Å². The van der Waals surface area contributed by atoms with Gasteiger partial charge in [0.15, 0.2) is 0 Å². The van der Waals surface area contributed by atoms with Crippen molar-refractivity contribution in [1.29, 1.82) is 0 Å². The molecule has 1 saturated heterocycles. The van der Waals surface area contributed by atoms with Crippen molar-refractivity contribution in [3.8, 4) is 0 Å². The van der Waals surface area contributed by atoms with Crippen LogP contribution < -0.4 is 0 Å². The molecule has 1 rings (SSSR count). The maximum Gasteiger partial charge on any atom is 0.373 e. The van der Waals surface area contributed by atoms with Gasteiger partial charge in [0.25, 0.3) is 0 Å².